The summed E-state index contributed by atoms with van der Waals surface area (Å²) in [5.74, 6) is -4.10. The molecule has 0 saturated heterocycles. The smallest absolute Gasteiger partial charge is 0.471 e. The third-order valence-electron chi connectivity index (χ3n) is 3.11. The van der Waals surface area contributed by atoms with E-state index >= 15 is 0 Å². The maximum atomic E-state index is 14.1. The van der Waals surface area contributed by atoms with Gasteiger partial charge in [-0.05, 0) is 18.6 Å². The quantitative estimate of drug-likeness (QED) is 0.590. The van der Waals surface area contributed by atoms with Crippen molar-refractivity contribution in [3.8, 4) is 11.5 Å². The van der Waals surface area contributed by atoms with Crippen molar-refractivity contribution in [2.45, 2.75) is 25.6 Å². The number of amides is 1. The minimum Gasteiger partial charge on any atom is -0.493 e. The van der Waals surface area contributed by atoms with Crippen LogP contribution in [0.5, 0.6) is 11.5 Å². The Hall–Kier alpha value is -2.52. The lowest BCUT2D eigenvalue weighted by Crippen LogP contribution is -2.48. The lowest BCUT2D eigenvalue weighted by molar-refractivity contribution is -0.175. The predicted octanol–water partition coefficient (Wildman–Crippen LogP) is 2.00. The number of alkyl halides is 3. The van der Waals surface area contributed by atoms with Gasteiger partial charge in [0.05, 0.1) is 20.8 Å². The van der Waals surface area contributed by atoms with E-state index in [1.165, 1.54) is 32.5 Å². The fourth-order valence-corrected chi connectivity index (χ4v) is 1.95. The molecule has 0 aliphatic rings. The Morgan fingerprint density at radius 2 is 1.72 bits per heavy atom. The Morgan fingerprint density at radius 1 is 1.16 bits per heavy atom. The molecule has 25 heavy (non-hydrogen) atoms. The molecule has 1 N–H and O–H groups in total. The van der Waals surface area contributed by atoms with Gasteiger partial charge in [-0.15, -0.1) is 0 Å². The number of nitrogens with one attached hydrogen (secondary N) is 1. The van der Waals surface area contributed by atoms with Gasteiger partial charge >= 0.3 is 18.1 Å². The first-order chi connectivity index (χ1) is 11.6. The predicted molar refractivity (Wildman–Crippen MR) is 77.8 cm³/mol. The van der Waals surface area contributed by atoms with Gasteiger partial charge in [-0.25, -0.2) is 9.18 Å². The Labute approximate surface area is 141 Å². The van der Waals surface area contributed by atoms with Gasteiger partial charge in [-0.3, -0.25) is 4.79 Å². The van der Waals surface area contributed by atoms with Crippen molar-refractivity contribution in [1.82, 2.24) is 5.32 Å². The molecule has 0 aromatic heterocycles. The molecule has 1 unspecified atom stereocenters. The molecule has 0 aliphatic carbocycles. The summed E-state index contributed by atoms with van der Waals surface area (Å²) in [7, 11) is 2.57. The third kappa shape index (κ3) is 5.50. The first-order valence-electron chi connectivity index (χ1n) is 7.08. The van der Waals surface area contributed by atoms with Crippen LogP contribution in [-0.4, -0.2) is 44.9 Å². The minimum absolute atomic E-state index is 0.0655. The lowest BCUT2D eigenvalue weighted by Gasteiger charge is -2.19. The largest absolute Gasteiger partial charge is 0.493 e. The number of hydrogen-bond acceptors (Lipinski definition) is 5. The molecule has 1 amide bonds. The number of hydrogen-bond donors (Lipinski definition) is 1. The Kier molecular flexibility index (Phi) is 7.01. The summed E-state index contributed by atoms with van der Waals surface area (Å²) in [6.07, 6.45) is -5.76. The summed E-state index contributed by atoms with van der Waals surface area (Å²) < 4.78 is 65.9. The number of esters is 1. The fourth-order valence-electron chi connectivity index (χ4n) is 1.95. The van der Waals surface area contributed by atoms with Crippen LogP contribution in [0.3, 0.4) is 0 Å². The van der Waals surface area contributed by atoms with Gasteiger partial charge in [0.25, 0.3) is 0 Å². The standard InChI is InChI=1S/C15H17F4NO5/c1-4-25-13(21)10(20-14(22)15(17,18)19)5-8-6-11(23-2)12(24-3)7-9(8)16/h6-7,10H,4-5H2,1-3H3,(H,20,22)/i16-1. The van der Waals surface area contributed by atoms with Crippen LogP contribution in [0.1, 0.15) is 12.5 Å². The molecule has 0 bridgehead atoms. The molecule has 6 nitrogen and oxygen atoms in total. The van der Waals surface area contributed by atoms with Gasteiger partial charge in [-0.1, -0.05) is 0 Å². The average Bonchev–Trinajstić information content (AvgIpc) is 2.54. The zero-order chi connectivity index (χ0) is 19.2. The molecule has 1 atom stereocenters. The van der Waals surface area contributed by atoms with Crippen LogP contribution in [0.2, 0.25) is 0 Å². The molecule has 0 radical (unpaired) electrons. The zero-order valence-electron chi connectivity index (χ0n) is 13.7. The van der Waals surface area contributed by atoms with Gasteiger partial charge in [0.1, 0.15) is 11.9 Å². The second kappa shape index (κ2) is 8.54. The van der Waals surface area contributed by atoms with E-state index in [2.05, 4.69) is 4.74 Å². The molecule has 0 fully saturated rings. The molecule has 0 saturated carbocycles. The highest BCUT2D eigenvalue weighted by Crippen LogP contribution is 2.30. The summed E-state index contributed by atoms with van der Waals surface area (Å²) in [5, 5.41) is 1.51. The fraction of sp³-hybridized carbons (Fsp3) is 0.467. The second-order valence-electron chi connectivity index (χ2n) is 4.78. The van der Waals surface area contributed by atoms with Crippen LogP contribution in [0, 0.1) is 5.82 Å². The van der Waals surface area contributed by atoms with E-state index < -0.39 is 36.3 Å². The maximum Gasteiger partial charge on any atom is 0.471 e. The number of ether oxygens (including phenoxy) is 3. The molecular formula is C15H17F4NO5. The number of methoxy groups -OCH3 is 2. The summed E-state index contributed by atoms with van der Waals surface area (Å²) >= 11 is 0. The van der Waals surface area contributed by atoms with Crippen LogP contribution in [-0.2, 0) is 20.7 Å². The van der Waals surface area contributed by atoms with E-state index in [0.29, 0.717) is 0 Å². The van der Waals surface area contributed by atoms with Crippen LogP contribution in [0.25, 0.3) is 0 Å². The van der Waals surface area contributed by atoms with Gasteiger partial charge in [0.2, 0.25) is 0 Å². The number of carbonyl (C=O) groups is 2. The second-order valence-corrected chi connectivity index (χ2v) is 4.78. The van der Waals surface area contributed by atoms with Crippen molar-refractivity contribution in [1.29, 1.82) is 0 Å². The molecule has 0 aliphatic heterocycles. The Balaban J connectivity index is 3.12. The number of carbonyl (C=O) groups excluding carboxylic acids is 2. The van der Waals surface area contributed by atoms with Crippen LogP contribution >= 0.6 is 0 Å². The highest BCUT2D eigenvalue weighted by molar-refractivity contribution is 5.87. The first-order valence-corrected chi connectivity index (χ1v) is 7.08. The van der Waals surface area contributed by atoms with Crippen molar-refractivity contribution in [3.05, 3.63) is 23.5 Å². The van der Waals surface area contributed by atoms with Crippen molar-refractivity contribution >= 4 is 11.9 Å². The Morgan fingerprint density at radius 3 is 2.20 bits per heavy atom. The SMILES string of the molecule is CCOC(=O)C(Cc1cc(OC)c(OC)cc1[18F])NC(=O)C(F)(F)F. The molecule has 140 valence electrons. The van der Waals surface area contributed by atoms with E-state index in [0.717, 1.165) is 6.07 Å². The summed E-state index contributed by atoms with van der Waals surface area (Å²) in [5.41, 5.74) is -0.154. The van der Waals surface area contributed by atoms with Crippen LogP contribution in [0.4, 0.5) is 17.6 Å². The van der Waals surface area contributed by atoms with Crippen molar-refractivity contribution in [3.63, 3.8) is 0 Å². The summed E-state index contributed by atoms with van der Waals surface area (Å²) in [6, 6.07) is 0.406. The normalized spacial score (nSPS) is 12.3. The van der Waals surface area contributed by atoms with E-state index in [4.69, 9.17) is 9.47 Å². The van der Waals surface area contributed by atoms with Gasteiger partial charge in [0, 0.05) is 12.5 Å². The lowest BCUT2D eigenvalue weighted by atomic mass is 10.0. The highest BCUT2D eigenvalue weighted by atomic mass is 19.4. The summed E-state index contributed by atoms with van der Waals surface area (Å²) in [4.78, 5) is 22.9. The molecule has 0 heterocycles. The minimum atomic E-state index is -5.19. The zero-order valence-corrected chi connectivity index (χ0v) is 13.7. The molecule has 1 aromatic carbocycles. The van der Waals surface area contributed by atoms with Gasteiger partial charge in [-0.2, -0.15) is 13.2 Å². The van der Waals surface area contributed by atoms with E-state index in [1.54, 1.807) is 0 Å². The average molecular weight is 366 g/mol. The van der Waals surface area contributed by atoms with Crippen LogP contribution < -0.4 is 14.8 Å². The maximum absolute atomic E-state index is 14.1. The topological polar surface area (TPSA) is 73.9 Å². The van der Waals surface area contributed by atoms with Crippen molar-refractivity contribution in [2.24, 2.45) is 0 Å². The van der Waals surface area contributed by atoms with Crippen molar-refractivity contribution in [2.75, 3.05) is 20.8 Å². The summed E-state index contributed by atoms with van der Waals surface area (Å²) in [6.45, 7) is 1.32. The number of rotatable bonds is 7. The number of halogens is 4. The Bertz CT molecular complexity index is 633. The molecule has 10 heteroatoms. The van der Waals surface area contributed by atoms with Crippen LogP contribution in [0.15, 0.2) is 12.1 Å². The third-order valence-corrected chi connectivity index (χ3v) is 3.11. The highest BCUT2D eigenvalue weighted by Gasteiger charge is 2.41. The van der Waals surface area contributed by atoms with E-state index in [1.807, 2.05) is 0 Å². The van der Waals surface area contributed by atoms with Crippen molar-refractivity contribution < 1.29 is 41.4 Å². The first kappa shape index (κ1) is 20.5. The monoisotopic (exact) mass is 366 g/mol. The van der Waals surface area contributed by atoms with E-state index in [9.17, 15) is 27.2 Å². The molecular weight excluding hydrogens is 349 g/mol. The van der Waals surface area contributed by atoms with E-state index in [-0.39, 0.29) is 23.7 Å². The van der Waals surface area contributed by atoms with Gasteiger partial charge < -0.3 is 19.5 Å². The molecule has 1 rings (SSSR count). The van der Waals surface area contributed by atoms with Gasteiger partial charge in [0.15, 0.2) is 11.5 Å². The molecule has 1 aromatic rings. The molecule has 0 spiro atoms. The number of benzene rings is 1.